The third kappa shape index (κ3) is 3.13. The summed E-state index contributed by atoms with van der Waals surface area (Å²) in [4.78, 5) is 0. The predicted octanol–water partition coefficient (Wildman–Crippen LogP) is 1.91. The quantitative estimate of drug-likeness (QED) is 0.792. The summed E-state index contributed by atoms with van der Waals surface area (Å²) in [6.07, 6.45) is 3.57. The number of benzene rings is 1. The molecule has 2 rings (SSSR count). The van der Waals surface area contributed by atoms with Gasteiger partial charge in [-0.3, -0.25) is 0 Å². The van der Waals surface area contributed by atoms with Crippen molar-refractivity contribution in [1.29, 1.82) is 0 Å². The molecule has 1 aliphatic rings. The number of aromatic hydroxyl groups is 1. The van der Waals surface area contributed by atoms with Crippen molar-refractivity contribution in [3.05, 3.63) is 24.3 Å². The summed E-state index contributed by atoms with van der Waals surface area (Å²) < 4.78 is 5.55. The highest BCUT2D eigenvalue weighted by Gasteiger charge is 2.13. The van der Waals surface area contributed by atoms with Crippen LogP contribution < -0.4 is 10.1 Å². The number of rotatable bonds is 4. The average Bonchev–Trinajstić information content (AvgIpc) is 2.71. The van der Waals surface area contributed by atoms with E-state index in [0.29, 0.717) is 12.6 Å². The molecule has 0 saturated carbocycles. The SMILES string of the molecule is Oc1cccc(OCCC2CCCN2)c1. The Hall–Kier alpha value is -1.22. The molecule has 0 aromatic heterocycles. The van der Waals surface area contributed by atoms with Crippen LogP contribution in [0.4, 0.5) is 0 Å². The summed E-state index contributed by atoms with van der Waals surface area (Å²) in [6.45, 7) is 1.85. The zero-order valence-electron chi connectivity index (χ0n) is 8.78. The lowest BCUT2D eigenvalue weighted by molar-refractivity contribution is 0.291. The molecule has 82 valence electrons. The van der Waals surface area contributed by atoms with Crippen LogP contribution in [0.5, 0.6) is 11.5 Å². The number of nitrogens with one attached hydrogen (secondary N) is 1. The maximum absolute atomic E-state index is 9.23. The van der Waals surface area contributed by atoms with Gasteiger partial charge in [0.1, 0.15) is 11.5 Å². The molecule has 1 aromatic carbocycles. The van der Waals surface area contributed by atoms with Gasteiger partial charge in [0.2, 0.25) is 0 Å². The summed E-state index contributed by atoms with van der Waals surface area (Å²) in [5.41, 5.74) is 0. The standard InChI is InChI=1S/C12H17NO2/c14-11-4-1-5-12(9-11)15-8-6-10-3-2-7-13-10/h1,4-5,9-10,13-14H,2-3,6-8H2. The monoisotopic (exact) mass is 207 g/mol. The van der Waals surface area contributed by atoms with Gasteiger partial charge in [0, 0.05) is 12.1 Å². The van der Waals surface area contributed by atoms with E-state index in [1.165, 1.54) is 12.8 Å². The van der Waals surface area contributed by atoms with Gasteiger partial charge >= 0.3 is 0 Å². The Kier molecular flexibility index (Phi) is 3.45. The van der Waals surface area contributed by atoms with E-state index in [1.807, 2.05) is 6.07 Å². The highest BCUT2D eigenvalue weighted by molar-refractivity contribution is 5.31. The highest BCUT2D eigenvalue weighted by Crippen LogP contribution is 2.18. The maximum Gasteiger partial charge on any atom is 0.122 e. The van der Waals surface area contributed by atoms with E-state index in [4.69, 9.17) is 4.74 Å². The van der Waals surface area contributed by atoms with E-state index in [9.17, 15) is 5.11 Å². The van der Waals surface area contributed by atoms with Crippen molar-refractivity contribution < 1.29 is 9.84 Å². The second kappa shape index (κ2) is 5.03. The van der Waals surface area contributed by atoms with Gasteiger partial charge in [-0.2, -0.15) is 0 Å². The van der Waals surface area contributed by atoms with E-state index >= 15 is 0 Å². The molecule has 1 unspecified atom stereocenters. The molecule has 3 heteroatoms. The smallest absolute Gasteiger partial charge is 0.122 e. The lowest BCUT2D eigenvalue weighted by atomic mass is 10.2. The number of phenolic OH excluding ortho intramolecular Hbond substituents is 1. The molecule has 0 aliphatic carbocycles. The van der Waals surface area contributed by atoms with E-state index < -0.39 is 0 Å². The molecule has 3 nitrogen and oxygen atoms in total. The molecule has 1 aromatic rings. The minimum absolute atomic E-state index is 0.256. The Labute approximate surface area is 90.1 Å². The van der Waals surface area contributed by atoms with Crippen molar-refractivity contribution in [2.45, 2.75) is 25.3 Å². The molecule has 0 spiro atoms. The Balaban J connectivity index is 1.73. The average molecular weight is 207 g/mol. The second-order valence-corrected chi connectivity index (χ2v) is 3.93. The van der Waals surface area contributed by atoms with Crippen molar-refractivity contribution in [3.8, 4) is 11.5 Å². The Morgan fingerprint density at radius 2 is 2.40 bits per heavy atom. The molecule has 0 bridgehead atoms. The summed E-state index contributed by atoms with van der Waals surface area (Å²) in [5, 5.41) is 12.7. The van der Waals surface area contributed by atoms with Crippen molar-refractivity contribution in [2.75, 3.05) is 13.2 Å². The largest absolute Gasteiger partial charge is 0.508 e. The molecule has 2 N–H and O–H groups in total. The zero-order valence-corrected chi connectivity index (χ0v) is 8.78. The Bertz CT molecular complexity index is 308. The van der Waals surface area contributed by atoms with Crippen molar-refractivity contribution >= 4 is 0 Å². The van der Waals surface area contributed by atoms with Gasteiger partial charge in [0.05, 0.1) is 6.61 Å². The zero-order chi connectivity index (χ0) is 10.5. The van der Waals surface area contributed by atoms with Gasteiger partial charge in [0.25, 0.3) is 0 Å². The number of hydrogen-bond acceptors (Lipinski definition) is 3. The van der Waals surface area contributed by atoms with Gasteiger partial charge in [-0.25, -0.2) is 0 Å². The van der Waals surface area contributed by atoms with E-state index in [2.05, 4.69) is 5.32 Å². The van der Waals surface area contributed by atoms with Gasteiger partial charge in [0.15, 0.2) is 0 Å². The molecule has 1 fully saturated rings. The molecule has 1 heterocycles. The first-order valence-corrected chi connectivity index (χ1v) is 5.50. The molecular weight excluding hydrogens is 190 g/mol. The molecule has 1 saturated heterocycles. The van der Waals surface area contributed by atoms with E-state index in [0.717, 1.165) is 18.7 Å². The fraction of sp³-hybridized carbons (Fsp3) is 0.500. The number of hydrogen-bond donors (Lipinski definition) is 2. The van der Waals surface area contributed by atoms with Gasteiger partial charge in [-0.15, -0.1) is 0 Å². The minimum atomic E-state index is 0.256. The first-order valence-electron chi connectivity index (χ1n) is 5.50. The van der Waals surface area contributed by atoms with Crippen LogP contribution in [0.1, 0.15) is 19.3 Å². The molecule has 1 aliphatic heterocycles. The summed E-state index contributed by atoms with van der Waals surface area (Å²) in [5.74, 6) is 1.000. The third-order valence-corrected chi connectivity index (χ3v) is 2.72. The van der Waals surface area contributed by atoms with Gasteiger partial charge in [-0.05, 0) is 37.9 Å². The van der Waals surface area contributed by atoms with Crippen LogP contribution in [0.2, 0.25) is 0 Å². The van der Waals surface area contributed by atoms with Crippen LogP contribution in [0, 0.1) is 0 Å². The topological polar surface area (TPSA) is 41.5 Å². The fourth-order valence-corrected chi connectivity index (χ4v) is 1.90. The van der Waals surface area contributed by atoms with E-state index in [-0.39, 0.29) is 5.75 Å². The second-order valence-electron chi connectivity index (χ2n) is 3.93. The van der Waals surface area contributed by atoms with Crippen LogP contribution in [-0.4, -0.2) is 24.3 Å². The summed E-state index contributed by atoms with van der Waals surface area (Å²) in [7, 11) is 0. The molecular formula is C12H17NO2. The first-order chi connectivity index (χ1) is 7.34. The minimum Gasteiger partial charge on any atom is -0.508 e. The highest BCUT2D eigenvalue weighted by atomic mass is 16.5. The lowest BCUT2D eigenvalue weighted by Crippen LogP contribution is -2.23. The van der Waals surface area contributed by atoms with Crippen molar-refractivity contribution in [2.24, 2.45) is 0 Å². The third-order valence-electron chi connectivity index (χ3n) is 2.72. The predicted molar refractivity (Wildman–Crippen MR) is 59.2 cm³/mol. The number of phenols is 1. The fourth-order valence-electron chi connectivity index (χ4n) is 1.90. The summed E-state index contributed by atoms with van der Waals surface area (Å²) >= 11 is 0. The Morgan fingerprint density at radius 1 is 1.47 bits per heavy atom. The van der Waals surface area contributed by atoms with Crippen LogP contribution in [-0.2, 0) is 0 Å². The van der Waals surface area contributed by atoms with Crippen molar-refractivity contribution in [3.63, 3.8) is 0 Å². The van der Waals surface area contributed by atoms with Crippen LogP contribution in [0.15, 0.2) is 24.3 Å². The maximum atomic E-state index is 9.23. The van der Waals surface area contributed by atoms with Crippen molar-refractivity contribution in [1.82, 2.24) is 5.32 Å². The summed E-state index contributed by atoms with van der Waals surface area (Å²) in [6, 6.07) is 7.55. The van der Waals surface area contributed by atoms with Crippen LogP contribution in [0.3, 0.4) is 0 Å². The molecule has 0 radical (unpaired) electrons. The van der Waals surface area contributed by atoms with Crippen LogP contribution in [0.25, 0.3) is 0 Å². The van der Waals surface area contributed by atoms with Crippen LogP contribution >= 0.6 is 0 Å². The molecule has 0 amide bonds. The van der Waals surface area contributed by atoms with E-state index in [1.54, 1.807) is 18.2 Å². The molecule has 15 heavy (non-hydrogen) atoms. The Morgan fingerprint density at radius 3 is 3.13 bits per heavy atom. The lowest BCUT2D eigenvalue weighted by Gasteiger charge is -2.11. The first kappa shape index (κ1) is 10.3. The molecule has 1 atom stereocenters. The number of ether oxygens (including phenoxy) is 1. The van der Waals surface area contributed by atoms with Gasteiger partial charge in [-0.1, -0.05) is 6.07 Å². The normalized spacial score (nSPS) is 20.4. The van der Waals surface area contributed by atoms with Gasteiger partial charge < -0.3 is 15.2 Å².